The summed E-state index contributed by atoms with van der Waals surface area (Å²) in [5, 5.41) is 0. The maximum Gasteiger partial charge on any atom is 0.0674 e. The topological polar surface area (TPSA) is 9.23 Å². The molecule has 1 aliphatic heterocycles. The first kappa shape index (κ1) is 13.4. The summed E-state index contributed by atoms with van der Waals surface area (Å²) in [6.07, 6.45) is 9.29. The summed E-state index contributed by atoms with van der Waals surface area (Å²) >= 11 is 0. The molecule has 6 atom stereocenters. The first-order chi connectivity index (χ1) is 9.06. The van der Waals surface area contributed by atoms with Crippen LogP contribution in [-0.2, 0) is 4.74 Å². The lowest BCUT2D eigenvalue weighted by molar-refractivity contribution is -0.0982. The third-order valence-electron chi connectivity index (χ3n) is 5.85. The molecule has 0 aromatic heterocycles. The minimum Gasteiger partial charge on any atom is -0.377 e. The summed E-state index contributed by atoms with van der Waals surface area (Å²) in [6, 6.07) is 0. The molecule has 3 rings (SSSR count). The fourth-order valence-electron chi connectivity index (χ4n) is 4.56. The summed E-state index contributed by atoms with van der Waals surface area (Å²) in [6.45, 7) is 10.4. The van der Waals surface area contributed by atoms with Crippen molar-refractivity contribution < 1.29 is 4.74 Å². The Bertz CT molecular complexity index is 406. The van der Waals surface area contributed by atoms with Crippen molar-refractivity contribution in [3.8, 4) is 0 Å². The van der Waals surface area contributed by atoms with E-state index in [0.29, 0.717) is 17.9 Å². The summed E-state index contributed by atoms with van der Waals surface area (Å²) in [5.41, 5.74) is 3.16. The predicted molar refractivity (Wildman–Crippen MR) is 79.9 cm³/mol. The van der Waals surface area contributed by atoms with Gasteiger partial charge in [0.05, 0.1) is 12.7 Å². The lowest BCUT2D eigenvalue weighted by atomic mass is 9.66. The second-order valence-corrected chi connectivity index (χ2v) is 7.30. The molecule has 2 bridgehead atoms. The smallest absolute Gasteiger partial charge is 0.0674 e. The molecule has 0 aromatic carbocycles. The van der Waals surface area contributed by atoms with Crippen LogP contribution < -0.4 is 0 Å². The Labute approximate surface area is 118 Å². The van der Waals surface area contributed by atoms with E-state index in [9.17, 15) is 0 Å². The normalized spacial score (nSPS) is 46.5. The molecular weight excluding hydrogens is 232 g/mol. The van der Waals surface area contributed by atoms with Crippen molar-refractivity contribution in [1.82, 2.24) is 0 Å². The molecule has 1 fully saturated rings. The highest BCUT2D eigenvalue weighted by atomic mass is 16.5. The van der Waals surface area contributed by atoms with Gasteiger partial charge in [-0.1, -0.05) is 37.1 Å². The highest BCUT2D eigenvalue weighted by Gasteiger charge is 2.42. The van der Waals surface area contributed by atoms with Gasteiger partial charge in [0, 0.05) is 5.92 Å². The molecule has 1 heterocycles. The fraction of sp³-hybridized carbons (Fsp3) is 0.778. The van der Waals surface area contributed by atoms with Crippen LogP contribution in [0.4, 0.5) is 0 Å². The van der Waals surface area contributed by atoms with Crippen LogP contribution in [0, 0.1) is 29.6 Å². The Kier molecular flexibility index (Phi) is 3.59. The van der Waals surface area contributed by atoms with Gasteiger partial charge in [0.2, 0.25) is 0 Å². The average molecular weight is 260 g/mol. The highest BCUT2D eigenvalue weighted by Crippen LogP contribution is 2.45. The summed E-state index contributed by atoms with van der Waals surface area (Å²) in [7, 11) is 0. The van der Waals surface area contributed by atoms with E-state index in [0.717, 1.165) is 24.4 Å². The van der Waals surface area contributed by atoms with Crippen LogP contribution in [0.25, 0.3) is 0 Å². The van der Waals surface area contributed by atoms with Gasteiger partial charge < -0.3 is 4.74 Å². The van der Waals surface area contributed by atoms with Gasteiger partial charge in [-0.05, 0) is 56.8 Å². The second kappa shape index (κ2) is 5.09. The van der Waals surface area contributed by atoms with E-state index in [1.807, 2.05) is 0 Å². The summed E-state index contributed by atoms with van der Waals surface area (Å²) < 4.78 is 6.36. The second-order valence-electron chi connectivity index (χ2n) is 7.30. The number of hydrogen-bond donors (Lipinski definition) is 0. The maximum atomic E-state index is 6.36. The van der Waals surface area contributed by atoms with Crippen molar-refractivity contribution in [2.24, 2.45) is 29.6 Å². The molecule has 1 heteroatoms. The SMILES string of the molecule is CC1=CC[C@@H]([C@H]2OC[C@@H]3C[C@@H]2C(C)=C[C@H]3C)[C@H](C)C1. The third-order valence-corrected chi connectivity index (χ3v) is 5.85. The van der Waals surface area contributed by atoms with Crippen LogP contribution in [0.15, 0.2) is 23.3 Å². The molecule has 0 unspecified atom stereocenters. The van der Waals surface area contributed by atoms with Gasteiger partial charge in [-0.2, -0.15) is 0 Å². The van der Waals surface area contributed by atoms with Gasteiger partial charge in [-0.15, -0.1) is 0 Å². The quantitative estimate of drug-likeness (QED) is 0.626. The Balaban J connectivity index is 1.81. The minimum atomic E-state index is 0.472. The van der Waals surface area contributed by atoms with Crippen LogP contribution >= 0.6 is 0 Å². The van der Waals surface area contributed by atoms with Crippen LogP contribution in [0.5, 0.6) is 0 Å². The van der Waals surface area contributed by atoms with Crippen LogP contribution in [0.2, 0.25) is 0 Å². The van der Waals surface area contributed by atoms with Gasteiger partial charge >= 0.3 is 0 Å². The van der Waals surface area contributed by atoms with Crippen molar-refractivity contribution in [1.29, 1.82) is 0 Å². The van der Waals surface area contributed by atoms with Crippen molar-refractivity contribution in [3.63, 3.8) is 0 Å². The van der Waals surface area contributed by atoms with Gasteiger partial charge in [-0.25, -0.2) is 0 Å². The molecule has 106 valence electrons. The standard InChI is InChI=1S/C18H28O/c1-11-5-6-16(13(3)7-11)18-17-9-15(10-19-18)12(2)8-14(17)4/h5,8,12-13,15-18H,6-7,9-10H2,1-4H3/t12-,13-,15+,16-,17-,18-/m1/s1. The van der Waals surface area contributed by atoms with Crippen LogP contribution in [-0.4, -0.2) is 12.7 Å². The van der Waals surface area contributed by atoms with Crippen LogP contribution in [0.3, 0.4) is 0 Å². The highest BCUT2D eigenvalue weighted by molar-refractivity contribution is 5.17. The van der Waals surface area contributed by atoms with Crippen molar-refractivity contribution in [2.75, 3.05) is 6.61 Å². The molecule has 0 N–H and O–H groups in total. The van der Waals surface area contributed by atoms with Crippen molar-refractivity contribution in [2.45, 2.75) is 53.1 Å². The number of rotatable bonds is 1. The molecule has 3 aliphatic rings. The van der Waals surface area contributed by atoms with Crippen molar-refractivity contribution in [3.05, 3.63) is 23.3 Å². The molecule has 19 heavy (non-hydrogen) atoms. The van der Waals surface area contributed by atoms with E-state index >= 15 is 0 Å². The lowest BCUT2D eigenvalue weighted by Crippen LogP contribution is -2.46. The Morgan fingerprint density at radius 1 is 1.21 bits per heavy atom. The van der Waals surface area contributed by atoms with Crippen molar-refractivity contribution >= 4 is 0 Å². The van der Waals surface area contributed by atoms with E-state index in [1.54, 1.807) is 11.1 Å². The molecular formula is C18H28O. The first-order valence-corrected chi connectivity index (χ1v) is 8.01. The third kappa shape index (κ3) is 2.42. The van der Waals surface area contributed by atoms with Gasteiger partial charge in [0.25, 0.3) is 0 Å². The largest absolute Gasteiger partial charge is 0.377 e. The average Bonchev–Trinajstić information content (AvgIpc) is 2.37. The molecule has 1 saturated heterocycles. The Hall–Kier alpha value is -0.560. The number of ether oxygens (including phenoxy) is 1. The Morgan fingerprint density at radius 3 is 2.74 bits per heavy atom. The fourth-order valence-corrected chi connectivity index (χ4v) is 4.56. The van der Waals surface area contributed by atoms with Crippen LogP contribution in [0.1, 0.15) is 47.0 Å². The molecule has 0 aromatic rings. The maximum absolute atomic E-state index is 6.36. The molecule has 2 aliphatic carbocycles. The molecule has 0 spiro atoms. The molecule has 0 saturated carbocycles. The van der Waals surface area contributed by atoms with E-state index in [-0.39, 0.29) is 0 Å². The van der Waals surface area contributed by atoms with Gasteiger partial charge in [-0.3, -0.25) is 0 Å². The minimum absolute atomic E-state index is 0.472. The molecule has 1 nitrogen and oxygen atoms in total. The number of fused-ring (bicyclic) bond motifs is 2. The number of allylic oxidation sites excluding steroid dienone is 3. The zero-order valence-electron chi connectivity index (χ0n) is 12.9. The number of hydrogen-bond acceptors (Lipinski definition) is 1. The monoisotopic (exact) mass is 260 g/mol. The van der Waals surface area contributed by atoms with Gasteiger partial charge in [0.15, 0.2) is 0 Å². The van der Waals surface area contributed by atoms with E-state index < -0.39 is 0 Å². The molecule has 0 radical (unpaired) electrons. The summed E-state index contributed by atoms with van der Waals surface area (Å²) in [4.78, 5) is 0. The van der Waals surface area contributed by atoms with E-state index in [2.05, 4.69) is 39.8 Å². The van der Waals surface area contributed by atoms with E-state index in [1.165, 1.54) is 19.3 Å². The van der Waals surface area contributed by atoms with Gasteiger partial charge in [0.1, 0.15) is 0 Å². The first-order valence-electron chi connectivity index (χ1n) is 8.01. The Morgan fingerprint density at radius 2 is 2.00 bits per heavy atom. The van der Waals surface area contributed by atoms with E-state index in [4.69, 9.17) is 4.74 Å². The lowest BCUT2D eigenvalue weighted by Gasteiger charge is -2.47. The molecule has 0 amide bonds. The summed E-state index contributed by atoms with van der Waals surface area (Å²) in [5.74, 6) is 3.67. The zero-order chi connectivity index (χ0) is 13.6. The zero-order valence-corrected chi connectivity index (χ0v) is 12.9. The predicted octanol–water partition coefficient (Wildman–Crippen LogP) is 4.60.